The molecular weight excluding hydrogens is 318 g/mol. The van der Waals surface area contributed by atoms with Gasteiger partial charge in [-0.05, 0) is 17.0 Å². The van der Waals surface area contributed by atoms with E-state index in [0.717, 1.165) is 10.0 Å². The molecule has 0 aromatic heterocycles. The quantitative estimate of drug-likeness (QED) is 0.627. The maximum Gasteiger partial charge on any atom is 0.273 e. The van der Waals surface area contributed by atoms with E-state index in [1.54, 1.807) is 12.3 Å². The van der Waals surface area contributed by atoms with Gasteiger partial charge in [0.2, 0.25) is 0 Å². The molecule has 18 heavy (non-hydrogen) atoms. The fourth-order valence-corrected chi connectivity index (χ4v) is 3.31. The molecule has 0 amide bonds. The summed E-state index contributed by atoms with van der Waals surface area (Å²) >= 11 is 3.39. The first kappa shape index (κ1) is 15.3. The first-order chi connectivity index (χ1) is 8.14. The van der Waals surface area contributed by atoms with E-state index in [9.17, 15) is 14.3 Å². The van der Waals surface area contributed by atoms with Crippen LogP contribution < -0.4 is 0 Å². The number of benzene rings is 1. The molecule has 4 nitrogen and oxygen atoms in total. The molecule has 0 N–H and O–H groups in total. The van der Waals surface area contributed by atoms with E-state index >= 15 is 0 Å². The van der Waals surface area contributed by atoms with Crippen molar-refractivity contribution in [2.45, 2.75) is 31.9 Å². The van der Waals surface area contributed by atoms with Gasteiger partial charge in [0.1, 0.15) is 0 Å². The van der Waals surface area contributed by atoms with E-state index in [2.05, 4.69) is 15.9 Å². The summed E-state index contributed by atoms with van der Waals surface area (Å²) in [6.45, 7) is 5.76. The van der Waals surface area contributed by atoms with Crippen molar-refractivity contribution >= 4 is 32.4 Å². The van der Waals surface area contributed by atoms with Gasteiger partial charge in [0.15, 0.2) is 0 Å². The number of rotatable bonds is 3. The minimum atomic E-state index is -1.05. The molecule has 1 unspecified atom stereocenters. The molecule has 1 rings (SSSR count). The van der Waals surface area contributed by atoms with E-state index in [0.29, 0.717) is 11.3 Å². The van der Waals surface area contributed by atoms with Crippen molar-refractivity contribution < 1.29 is 9.13 Å². The highest BCUT2D eigenvalue weighted by Gasteiger charge is 2.29. The Labute approximate surface area is 118 Å². The highest BCUT2D eigenvalue weighted by molar-refractivity contribution is 9.10. The highest BCUT2D eigenvalue weighted by Crippen LogP contribution is 2.38. The van der Waals surface area contributed by atoms with Gasteiger partial charge in [-0.15, -0.1) is 0 Å². The summed E-state index contributed by atoms with van der Waals surface area (Å²) < 4.78 is 12.2. The third kappa shape index (κ3) is 3.38. The molecule has 0 saturated carbocycles. The van der Waals surface area contributed by atoms with Gasteiger partial charge in [-0.1, -0.05) is 36.7 Å². The van der Waals surface area contributed by atoms with Gasteiger partial charge < -0.3 is 0 Å². The van der Waals surface area contributed by atoms with Crippen LogP contribution in [0.5, 0.6) is 0 Å². The number of nitro groups is 1. The average Bonchev–Trinajstić information content (AvgIpc) is 2.17. The maximum absolute atomic E-state index is 11.4. The van der Waals surface area contributed by atoms with Crippen LogP contribution in [0.1, 0.15) is 31.9 Å². The Kier molecular flexibility index (Phi) is 4.66. The van der Waals surface area contributed by atoms with Crippen molar-refractivity contribution in [2.75, 3.05) is 6.26 Å². The normalized spacial score (nSPS) is 13.4. The van der Waals surface area contributed by atoms with Crippen molar-refractivity contribution in [3.8, 4) is 0 Å². The predicted molar refractivity (Wildman–Crippen MR) is 77.3 cm³/mol. The van der Waals surface area contributed by atoms with Crippen LogP contribution in [-0.4, -0.2) is 15.4 Å². The summed E-state index contributed by atoms with van der Waals surface area (Å²) in [6, 6.07) is 3.14. The lowest BCUT2D eigenvalue weighted by atomic mass is 9.83. The third-order valence-electron chi connectivity index (χ3n) is 2.53. The second-order valence-electron chi connectivity index (χ2n) is 5.14. The predicted octanol–water partition coefficient (Wildman–Crippen LogP) is 3.53. The van der Waals surface area contributed by atoms with Gasteiger partial charge >= 0.3 is 0 Å². The van der Waals surface area contributed by atoms with Crippen LogP contribution in [0.2, 0.25) is 0 Å². The topological polar surface area (TPSA) is 60.2 Å². The molecule has 0 aliphatic rings. The minimum absolute atomic E-state index is 0.0890. The van der Waals surface area contributed by atoms with Crippen LogP contribution in [0.25, 0.3) is 0 Å². The fraction of sp³-hybridized carbons (Fsp3) is 0.500. The molecule has 0 radical (unpaired) electrons. The minimum Gasteiger partial charge on any atom is -0.260 e. The van der Waals surface area contributed by atoms with Crippen molar-refractivity contribution in [1.82, 2.24) is 0 Å². The first-order valence-electron chi connectivity index (χ1n) is 5.41. The standard InChI is InChI=1S/C12H16BrNO3S/c1-12(2,3)11-8(7-18(4)17)9(13)5-6-10(11)14(15)16/h5-6H,7H2,1-4H3. The SMILES string of the molecule is CS(=O)Cc1c(Br)ccc([N+](=O)[O-])c1C(C)(C)C. The Morgan fingerprint density at radius 1 is 1.39 bits per heavy atom. The maximum atomic E-state index is 11.4. The molecule has 0 saturated heterocycles. The second kappa shape index (κ2) is 5.48. The molecule has 0 aliphatic heterocycles. The van der Waals surface area contributed by atoms with Crippen LogP contribution in [0.3, 0.4) is 0 Å². The molecule has 0 spiro atoms. The Bertz CT molecular complexity index is 509. The molecule has 100 valence electrons. The Morgan fingerprint density at radius 2 is 1.94 bits per heavy atom. The van der Waals surface area contributed by atoms with Gasteiger partial charge in [-0.2, -0.15) is 0 Å². The lowest BCUT2D eigenvalue weighted by molar-refractivity contribution is -0.386. The van der Waals surface area contributed by atoms with Gasteiger partial charge in [0.05, 0.1) is 4.92 Å². The lowest BCUT2D eigenvalue weighted by Crippen LogP contribution is -2.18. The average molecular weight is 334 g/mol. The molecule has 0 heterocycles. The zero-order valence-corrected chi connectivity index (χ0v) is 13.2. The fourth-order valence-electron chi connectivity index (χ4n) is 1.94. The van der Waals surface area contributed by atoms with Crippen molar-refractivity contribution in [3.05, 3.63) is 37.8 Å². The van der Waals surface area contributed by atoms with E-state index in [1.165, 1.54) is 6.07 Å². The monoisotopic (exact) mass is 333 g/mol. The number of nitro benzene ring substituents is 1. The molecule has 0 aliphatic carbocycles. The highest BCUT2D eigenvalue weighted by atomic mass is 79.9. The Morgan fingerprint density at radius 3 is 2.33 bits per heavy atom. The zero-order chi connectivity index (χ0) is 14.1. The second-order valence-corrected chi connectivity index (χ2v) is 7.43. The smallest absolute Gasteiger partial charge is 0.260 e. The van der Waals surface area contributed by atoms with E-state index in [4.69, 9.17) is 0 Å². The summed E-state index contributed by atoms with van der Waals surface area (Å²) in [5.74, 6) is 0.314. The van der Waals surface area contributed by atoms with Crippen LogP contribution in [-0.2, 0) is 22.0 Å². The Hall–Kier alpha value is -0.750. The summed E-state index contributed by atoms with van der Waals surface area (Å²) in [5.41, 5.74) is 1.13. The van der Waals surface area contributed by atoms with Crippen molar-refractivity contribution in [2.24, 2.45) is 0 Å². The van der Waals surface area contributed by atoms with E-state index < -0.39 is 10.8 Å². The van der Waals surface area contributed by atoms with E-state index in [-0.39, 0.29) is 16.0 Å². The molecule has 0 fully saturated rings. The number of halogens is 1. The first-order valence-corrected chi connectivity index (χ1v) is 7.93. The van der Waals surface area contributed by atoms with Gasteiger partial charge in [0.25, 0.3) is 5.69 Å². The van der Waals surface area contributed by atoms with Gasteiger partial charge in [-0.3, -0.25) is 14.3 Å². The molecule has 1 aromatic carbocycles. The molecule has 0 bridgehead atoms. The van der Waals surface area contributed by atoms with Crippen molar-refractivity contribution in [3.63, 3.8) is 0 Å². The van der Waals surface area contributed by atoms with Crippen molar-refractivity contribution in [1.29, 1.82) is 0 Å². The summed E-state index contributed by atoms with van der Waals surface area (Å²) in [7, 11) is -1.05. The summed E-state index contributed by atoms with van der Waals surface area (Å²) in [4.78, 5) is 10.8. The van der Waals surface area contributed by atoms with Crippen LogP contribution in [0, 0.1) is 10.1 Å². The molecule has 1 aromatic rings. The number of hydrogen-bond donors (Lipinski definition) is 0. The molecular formula is C12H16BrNO3S. The van der Waals surface area contributed by atoms with Crippen LogP contribution in [0.4, 0.5) is 5.69 Å². The number of hydrogen-bond acceptors (Lipinski definition) is 3. The van der Waals surface area contributed by atoms with Crippen LogP contribution in [0.15, 0.2) is 16.6 Å². The van der Waals surface area contributed by atoms with Crippen LogP contribution >= 0.6 is 15.9 Å². The van der Waals surface area contributed by atoms with Gasteiger partial charge in [-0.25, -0.2) is 0 Å². The lowest BCUT2D eigenvalue weighted by Gasteiger charge is -2.23. The summed E-state index contributed by atoms with van der Waals surface area (Å²) in [5, 5.41) is 11.1. The Balaban J connectivity index is 3.60. The summed E-state index contributed by atoms with van der Waals surface area (Å²) in [6.07, 6.45) is 1.59. The zero-order valence-electron chi connectivity index (χ0n) is 10.8. The molecule has 6 heteroatoms. The number of nitrogens with zero attached hydrogens (tertiary/aromatic N) is 1. The largest absolute Gasteiger partial charge is 0.273 e. The van der Waals surface area contributed by atoms with E-state index in [1.807, 2.05) is 20.8 Å². The van der Waals surface area contributed by atoms with Gasteiger partial charge in [0, 0.05) is 38.9 Å². The molecule has 1 atom stereocenters. The third-order valence-corrected chi connectivity index (χ3v) is 3.97.